The van der Waals surface area contributed by atoms with E-state index in [0.29, 0.717) is 18.7 Å². The van der Waals surface area contributed by atoms with Crippen LogP contribution in [0.2, 0.25) is 0 Å². The normalized spacial score (nSPS) is 12.0. The largest absolute Gasteiger partial charge is 0.484 e. The van der Waals surface area contributed by atoms with Crippen molar-refractivity contribution in [2.75, 3.05) is 6.61 Å². The fourth-order valence-electron chi connectivity index (χ4n) is 4.03. The van der Waals surface area contributed by atoms with Gasteiger partial charge in [0.25, 0.3) is 5.91 Å². The van der Waals surface area contributed by atoms with Gasteiger partial charge in [-0.1, -0.05) is 73.7 Å². The number of rotatable bonds is 10. The zero-order valence-corrected chi connectivity index (χ0v) is 22.1. The number of nitrogens with one attached hydrogen (secondary N) is 1. The Hall–Kier alpha value is -3.60. The van der Waals surface area contributed by atoms with Crippen LogP contribution in [0.15, 0.2) is 78.9 Å². The van der Waals surface area contributed by atoms with E-state index in [1.807, 2.05) is 107 Å². The summed E-state index contributed by atoms with van der Waals surface area (Å²) in [5.41, 5.74) is 3.84. The second-order valence-electron chi connectivity index (χ2n) is 10.2. The molecule has 5 heteroatoms. The van der Waals surface area contributed by atoms with Crippen molar-refractivity contribution in [3.63, 3.8) is 0 Å². The summed E-state index contributed by atoms with van der Waals surface area (Å²) in [7, 11) is 0. The third kappa shape index (κ3) is 7.98. The van der Waals surface area contributed by atoms with E-state index in [4.69, 9.17) is 4.74 Å². The number of hydrogen-bond donors (Lipinski definition) is 1. The summed E-state index contributed by atoms with van der Waals surface area (Å²) in [6.45, 7) is 10.1. The van der Waals surface area contributed by atoms with E-state index < -0.39 is 11.6 Å². The molecule has 36 heavy (non-hydrogen) atoms. The highest BCUT2D eigenvalue weighted by molar-refractivity contribution is 5.89. The van der Waals surface area contributed by atoms with Crippen LogP contribution in [0.5, 0.6) is 5.75 Å². The number of carbonyl (C=O) groups excluding carboxylic acids is 2. The molecule has 0 aliphatic rings. The quantitative estimate of drug-likeness (QED) is 0.412. The predicted octanol–water partition coefficient (Wildman–Crippen LogP) is 5.49. The summed E-state index contributed by atoms with van der Waals surface area (Å²) in [4.78, 5) is 28.9. The number of nitrogens with zero attached hydrogens (tertiary/aromatic N) is 1. The van der Waals surface area contributed by atoms with Crippen LogP contribution in [-0.4, -0.2) is 34.9 Å². The zero-order valence-electron chi connectivity index (χ0n) is 22.1. The van der Waals surface area contributed by atoms with Crippen molar-refractivity contribution in [1.29, 1.82) is 0 Å². The number of amides is 2. The van der Waals surface area contributed by atoms with Crippen LogP contribution in [0.25, 0.3) is 0 Å². The van der Waals surface area contributed by atoms with Crippen molar-refractivity contribution in [2.24, 2.45) is 0 Å². The van der Waals surface area contributed by atoms with Crippen molar-refractivity contribution in [3.8, 4) is 5.75 Å². The molecule has 0 radical (unpaired) electrons. The Balaban J connectivity index is 1.92. The first-order chi connectivity index (χ1) is 17.2. The molecule has 0 aromatic heterocycles. The first kappa shape index (κ1) is 27.0. The molecule has 0 saturated heterocycles. The maximum atomic E-state index is 13.7. The molecule has 5 nitrogen and oxygen atoms in total. The molecular formula is C31H38N2O3. The van der Waals surface area contributed by atoms with Gasteiger partial charge in [-0.05, 0) is 68.5 Å². The molecule has 0 saturated carbocycles. The molecule has 0 aliphatic heterocycles. The summed E-state index contributed by atoms with van der Waals surface area (Å²) in [5, 5.41) is 3.09. The lowest BCUT2D eigenvalue weighted by molar-refractivity contribution is -0.143. The van der Waals surface area contributed by atoms with Gasteiger partial charge < -0.3 is 15.0 Å². The lowest BCUT2D eigenvalue weighted by Gasteiger charge is -2.34. The average Bonchev–Trinajstić information content (AvgIpc) is 2.85. The number of carbonyl (C=O) groups is 2. The van der Waals surface area contributed by atoms with Gasteiger partial charge in [0, 0.05) is 18.5 Å². The third-order valence-corrected chi connectivity index (χ3v) is 6.07. The van der Waals surface area contributed by atoms with Gasteiger partial charge >= 0.3 is 0 Å². The van der Waals surface area contributed by atoms with Crippen LogP contribution in [-0.2, 0) is 29.0 Å². The van der Waals surface area contributed by atoms with E-state index in [1.54, 1.807) is 4.90 Å². The van der Waals surface area contributed by atoms with Crippen LogP contribution in [0, 0.1) is 6.92 Å². The Morgan fingerprint density at radius 2 is 1.53 bits per heavy atom. The van der Waals surface area contributed by atoms with E-state index >= 15 is 0 Å². The van der Waals surface area contributed by atoms with Crippen LogP contribution in [0.1, 0.15) is 49.9 Å². The van der Waals surface area contributed by atoms with Gasteiger partial charge in [-0.15, -0.1) is 0 Å². The molecule has 0 fully saturated rings. The fourth-order valence-corrected chi connectivity index (χ4v) is 4.03. The van der Waals surface area contributed by atoms with E-state index in [1.165, 1.54) is 5.56 Å². The molecule has 1 atom stereocenters. The van der Waals surface area contributed by atoms with E-state index in [-0.39, 0.29) is 18.4 Å². The zero-order chi connectivity index (χ0) is 26.1. The highest BCUT2D eigenvalue weighted by atomic mass is 16.5. The number of ether oxygens (including phenoxy) is 1. The predicted molar refractivity (Wildman–Crippen MR) is 145 cm³/mol. The monoisotopic (exact) mass is 486 g/mol. The van der Waals surface area contributed by atoms with Gasteiger partial charge in [0.15, 0.2) is 6.61 Å². The number of hydrogen-bond acceptors (Lipinski definition) is 3. The van der Waals surface area contributed by atoms with Crippen molar-refractivity contribution in [2.45, 2.75) is 65.6 Å². The summed E-state index contributed by atoms with van der Waals surface area (Å²) in [6, 6.07) is 24.8. The van der Waals surface area contributed by atoms with Crippen molar-refractivity contribution in [3.05, 3.63) is 101 Å². The smallest absolute Gasteiger partial charge is 0.261 e. The van der Waals surface area contributed by atoms with Gasteiger partial charge in [0.1, 0.15) is 11.8 Å². The molecule has 0 bridgehead atoms. The second-order valence-corrected chi connectivity index (χ2v) is 10.2. The molecule has 3 aromatic rings. The van der Waals surface area contributed by atoms with Crippen molar-refractivity contribution < 1.29 is 14.3 Å². The summed E-state index contributed by atoms with van der Waals surface area (Å²) in [5.74, 6) is 0.221. The highest BCUT2D eigenvalue weighted by Crippen LogP contribution is 2.19. The first-order valence-electron chi connectivity index (χ1n) is 12.6. The van der Waals surface area contributed by atoms with Gasteiger partial charge in [-0.25, -0.2) is 0 Å². The van der Waals surface area contributed by atoms with E-state index in [9.17, 15) is 9.59 Å². The standard InChI is InChI=1S/C31H38N2O3/c1-6-24-16-18-27(19-17-24)36-22-29(34)33(21-26-15-11-10-12-23(26)2)28(30(35)32-31(3,4)5)20-25-13-8-7-9-14-25/h7-19,28H,6,20-22H2,1-5H3,(H,32,35). The minimum atomic E-state index is -0.690. The van der Waals surface area contributed by atoms with Crippen molar-refractivity contribution >= 4 is 11.8 Å². The van der Waals surface area contributed by atoms with Crippen LogP contribution >= 0.6 is 0 Å². The van der Waals surface area contributed by atoms with Gasteiger partial charge in [-0.3, -0.25) is 9.59 Å². The Labute approximate surface area is 215 Å². The molecule has 1 unspecified atom stereocenters. The maximum absolute atomic E-state index is 13.7. The lowest BCUT2D eigenvalue weighted by atomic mass is 10.00. The van der Waals surface area contributed by atoms with Crippen LogP contribution < -0.4 is 10.1 Å². The molecule has 0 heterocycles. The SMILES string of the molecule is CCc1ccc(OCC(=O)N(Cc2ccccc2C)C(Cc2ccccc2)C(=O)NC(C)(C)C)cc1. The highest BCUT2D eigenvalue weighted by Gasteiger charge is 2.32. The third-order valence-electron chi connectivity index (χ3n) is 6.07. The minimum Gasteiger partial charge on any atom is -0.484 e. The summed E-state index contributed by atoms with van der Waals surface area (Å²) >= 11 is 0. The topological polar surface area (TPSA) is 58.6 Å². The molecule has 2 amide bonds. The molecule has 3 rings (SSSR count). The number of benzene rings is 3. The van der Waals surface area contributed by atoms with Gasteiger partial charge in [-0.2, -0.15) is 0 Å². The Morgan fingerprint density at radius 3 is 2.14 bits per heavy atom. The Morgan fingerprint density at radius 1 is 0.889 bits per heavy atom. The Kier molecular flexibility index (Phi) is 9.29. The van der Waals surface area contributed by atoms with E-state index in [0.717, 1.165) is 23.1 Å². The van der Waals surface area contributed by atoms with E-state index in [2.05, 4.69) is 12.2 Å². The first-order valence-corrected chi connectivity index (χ1v) is 12.6. The summed E-state index contributed by atoms with van der Waals surface area (Å²) in [6.07, 6.45) is 1.35. The molecule has 0 spiro atoms. The minimum absolute atomic E-state index is 0.147. The molecule has 190 valence electrons. The number of aryl methyl sites for hydroxylation is 2. The van der Waals surface area contributed by atoms with Gasteiger partial charge in [0.05, 0.1) is 0 Å². The molecule has 0 aliphatic carbocycles. The van der Waals surface area contributed by atoms with Crippen molar-refractivity contribution in [1.82, 2.24) is 10.2 Å². The van der Waals surface area contributed by atoms with Crippen LogP contribution in [0.3, 0.4) is 0 Å². The average molecular weight is 487 g/mol. The molecule has 1 N–H and O–H groups in total. The second kappa shape index (κ2) is 12.4. The fraction of sp³-hybridized carbons (Fsp3) is 0.355. The molecular weight excluding hydrogens is 448 g/mol. The molecule has 3 aromatic carbocycles. The van der Waals surface area contributed by atoms with Crippen LogP contribution in [0.4, 0.5) is 0 Å². The van der Waals surface area contributed by atoms with Gasteiger partial charge in [0.2, 0.25) is 5.91 Å². The Bertz CT molecular complexity index is 1130. The lowest BCUT2D eigenvalue weighted by Crippen LogP contribution is -2.55. The maximum Gasteiger partial charge on any atom is 0.261 e. The summed E-state index contributed by atoms with van der Waals surface area (Å²) < 4.78 is 5.87.